The smallest absolute Gasteiger partial charge is 0.240 e. The summed E-state index contributed by atoms with van der Waals surface area (Å²) in [6, 6.07) is 4.35. The van der Waals surface area contributed by atoms with Crippen molar-refractivity contribution in [1.29, 1.82) is 0 Å². The number of halogens is 1. The van der Waals surface area contributed by atoms with E-state index in [4.69, 9.17) is 11.6 Å². The third-order valence-corrected chi connectivity index (χ3v) is 5.76. The lowest BCUT2D eigenvalue weighted by molar-refractivity contribution is 0.587. The molecule has 0 bridgehead atoms. The van der Waals surface area contributed by atoms with Crippen LogP contribution in [0.2, 0.25) is 0 Å². The van der Waals surface area contributed by atoms with Crippen LogP contribution < -0.4 is 9.44 Å². The molecule has 0 amide bonds. The molecular weight excluding hydrogens is 324 g/mol. The van der Waals surface area contributed by atoms with Crippen LogP contribution in [-0.4, -0.2) is 35.5 Å². The summed E-state index contributed by atoms with van der Waals surface area (Å²) < 4.78 is 51.6. The van der Waals surface area contributed by atoms with Gasteiger partial charge in [0.05, 0.1) is 10.6 Å². The molecule has 0 spiro atoms. The minimum absolute atomic E-state index is 0.0394. The van der Waals surface area contributed by atoms with Crippen molar-refractivity contribution in [2.24, 2.45) is 0 Å². The summed E-state index contributed by atoms with van der Waals surface area (Å²) >= 11 is 5.46. The van der Waals surface area contributed by atoms with Gasteiger partial charge in [-0.25, -0.2) is 21.6 Å². The molecule has 0 saturated heterocycles. The highest BCUT2D eigenvalue weighted by atomic mass is 35.5. The van der Waals surface area contributed by atoms with Crippen molar-refractivity contribution in [2.45, 2.75) is 18.2 Å². The molecule has 114 valence electrons. The van der Waals surface area contributed by atoms with Crippen molar-refractivity contribution < 1.29 is 16.8 Å². The van der Waals surface area contributed by atoms with E-state index in [9.17, 15) is 16.8 Å². The fourth-order valence-electron chi connectivity index (χ4n) is 1.54. The van der Waals surface area contributed by atoms with Gasteiger partial charge in [0.1, 0.15) is 0 Å². The van der Waals surface area contributed by atoms with E-state index in [2.05, 4.69) is 9.44 Å². The third kappa shape index (κ3) is 4.62. The van der Waals surface area contributed by atoms with E-state index < -0.39 is 20.0 Å². The zero-order valence-corrected chi connectivity index (χ0v) is 13.6. The van der Waals surface area contributed by atoms with E-state index in [1.54, 1.807) is 13.0 Å². The molecule has 6 nitrogen and oxygen atoms in total. The van der Waals surface area contributed by atoms with Crippen LogP contribution in [0.25, 0.3) is 0 Å². The molecule has 0 unspecified atom stereocenters. The Hall–Kier alpha value is -0.830. The second kappa shape index (κ2) is 6.75. The van der Waals surface area contributed by atoms with Crippen molar-refractivity contribution in [3.05, 3.63) is 23.8 Å². The lowest BCUT2D eigenvalue weighted by Gasteiger charge is -2.11. The van der Waals surface area contributed by atoms with Gasteiger partial charge in [-0.3, -0.25) is 4.72 Å². The highest BCUT2D eigenvalue weighted by Crippen LogP contribution is 2.20. The highest BCUT2D eigenvalue weighted by molar-refractivity contribution is 7.92. The molecule has 20 heavy (non-hydrogen) atoms. The normalized spacial score (nSPS) is 12.3. The predicted molar refractivity (Wildman–Crippen MR) is 80.2 cm³/mol. The maximum atomic E-state index is 11.8. The number of benzene rings is 1. The van der Waals surface area contributed by atoms with Gasteiger partial charge < -0.3 is 0 Å². The van der Waals surface area contributed by atoms with Crippen LogP contribution in [0.1, 0.15) is 12.0 Å². The van der Waals surface area contributed by atoms with E-state index in [0.717, 1.165) is 0 Å². The molecule has 0 heterocycles. The molecule has 0 radical (unpaired) electrons. The Bertz CT molecular complexity index is 672. The quantitative estimate of drug-likeness (QED) is 0.731. The second-order valence-electron chi connectivity index (χ2n) is 4.15. The number of nitrogens with one attached hydrogen (secondary N) is 2. The molecular formula is C11H17ClN2O4S2. The van der Waals surface area contributed by atoms with Crippen LogP contribution in [0, 0.1) is 6.92 Å². The molecule has 9 heteroatoms. The average Bonchev–Trinajstić information content (AvgIpc) is 2.38. The van der Waals surface area contributed by atoms with Gasteiger partial charge in [-0.2, -0.15) is 0 Å². The van der Waals surface area contributed by atoms with Crippen molar-refractivity contribution >= 4 is 37.3 Å². The minimum Gasteiger partial charge on any atom is -0.284 e. The summed E-state index contributed by atoms with van der Waals surface area (Å²) in [6.45, 7) is 1.63. The molecule has 0 saturated carbocycles. The number of sulfonamides is 2. The molecule has 2 N–H and O–H groups in total. The first-order valence-electron chi connectivity index (χ1n) is 5.82. The van der Waals surface area contributed by atoms with Crippen LogP contribution in [0.4, 0.5) is 5.69 Å². The topological polar surface area (TPSA) is 92.3 Å². The molecule has 0 fully saturated rings. The molecule has 1 rings (SSSR count). The van der Waals surface area contributed by atoms with Gasteiger partial charge >= 0.3 is 0 Å². The second-order valence-corrected chi connectivity index (χ2v) is 8.23. The van der Waals surface area contributed by atoms with E-state index in [-0.39, 0.29) is 22.2 Å². The fraction of sp³-hybridized carbons (Fsp3) is 0.455. The Morgan fingerprint density at radius 1 is 1.20 bits per heavy atom. The first-order valence-corrected chi connectivity index (χ1v) is 9.49. The van der Waals surface area contributed by atoms with Gasteiger partial charge in [0, 0.05) is 11.6 Å². The molecule has 0 aliphatic carbocycles. The summed E-state index contributed by atoms with van der Waals surface area (Å²) in [5.41, 5.74) is 0.738. The summed E-state index contributed by atoms with van der Waals surface area (Å²) in [6.07, 6.45) is 0.324. The monoisotopic (exact) mass is 340 g/mol. The van der Waals surface area contributed by atoms with Gasteiger partial charge in [-0.05, 0) is 38.1 Å². The minimum atomic E-state index is -3.63. The number of hydrogen-bond acceptors (Lipinski definition) is 4. The van der Waals surface area contributed by atoms with Gasteiger partial charge in [0.15, 0.2) is 0 Å². The SMILES string of the molecule is CNS(=O)(=O)c1cc(NS(=O)(=O)CCCCl)ccc1C. The molecule has 0 aromatic heterocycles. The number of anilines is 1. The summed E-state index contributed by atoms with van der Waals surface area (Å²) in [5, 5.41) is 0. The Morgan fingerprint density at radius 2 is 1.85 bits per heavy atom. The van der Waals surface area contributed by atoms with Gasteiger partial charge in [-0.15, -0.1) is 11.6 Å². The van der Waals surface area contributed by atoms with Crippen molar-refractivity contribution in [2.75, 3.05) is 23.4 Å². The summed E-state index contributed by atoms with van der Waals surface area (Å²) in [7, 11) is -5.86. The van der Waals surface area contributed by atoms with E-state index in [0.29, 0.717) is 12.0 Å². The predicted octanol–water partition coefficient (Wildman–Crippen LogP) is 1.27. The van der Waals surface area contributed by atoms with Crippen molar-refractivity contribution in [3.8, 4) is 0 Å². The maximum absolute atomic E-state index is 11.8. The Morgan fingerprint density at radius 3 is 2.40 bits per heavy atom. The van der Waals surface area contributed by atoms with Crippen LogP contribution in [-0.2, 0) is 20.0 Å². The molecule has 0 atom stereocenters. The zero-order chi connectivity index (χ0) is 15.4. The van der Waals surface area contributed by atoms with Crippen molar-refractivity contribution in [1.82, 2.24) is 4.72 Å². The Kier molecular flexibility index (Phi) is 5.81. The summed E-state index contributed by atoms with van der Waals surface area (Å²) in [5.74, 6) is 0.132. The van der Waals surface area contributed by atoms with E-state index in [1.807, 2.05) is 0 Å². The van der Waals surface area contributed by atoms with Crippen LogP contribution in [0.3, 0.4) is 0 Å². The Labute approximate surface area is 124 Å². The number of alkyl halides is 1. The average molecular weight is 341 g/mol. The largest absolute Gasteiger partial charge is 0.284 e. The van der Waals surface area contributed by atoms with Gasteiger partial charge in [0.25, 0.3) is 0 Å². The standard InChI is InChI=1S/C11H17ClN2O4S2/c1-9-4-5-10(8-11(9)20(17,18)13-2)14-19(15,16)7-3-6-12/h4-5,8,13-14H,3,6-7H2,1-2H3. The van der Waals surface area contributed by atoms with Crippen LogP contribution in [0.5, 0.6) is 0 Å². The molecule has 0 aliphatic rings. The first-order chi connectivity index (χ1) is 9.22. The van der Waals surface area contributed by atoms with E-state index in [1.165, 1.54) is 19.2 Å². The maximum Gasteiger partial charge on any atom is 0.240 e. The molecule has 1 aromatic carbocycles. The van der Waals surface area contributed by atoms with Crippen LogP contribution >= 0.6 is 11.6 Å². The van der Waals surface area contributed by atoms with E-state index >= 15 is 0 Å². The number of rotatable bonds is 7. The molecule has 1 aromatic rings. The van der Waals surface area contributed by atoms with Crippen molar-refractivity contribution in [3.63, 3.8) is 0 Å². The Balaban J connectivity index is 3.09. The molecule has 0 aliphatic heterocycles. The zero-order valence-electron chi connectivity index (χ0n) is 11.2. The highest BCUT2D eigenvalue weighted by Gasteiger charge is 2.17. The van der Waals surface area contributed by atoms with Crippen LogP contribution in [0.15, 0.2) is 23.1 Å². The fourth-order valence-corrected chi connectivity index (χ4v) is 3.94. The first kappa shape index (κ1) is 17.2. The van der Waals surface area contributed by atoms with Gasteiger partial charge in [-0.1, -0.05) is 6.07 Å². The number of aryl methyl sites for hydroxylation is 1. The van der Waals surface area contributed by atoms with Gasteiger partial charge in [0.2, 0.25) is 20.0 Å². The summed E-state index contributed by atoms with van der Waals surface area (Å²) in [4.78, 5) is 0.0394. The lowest BCUT2D eigenvalue weighted by Crippen LogP contribution is -2.21. The number of hydrogen-bond donors (Lipinski definition) is 2. The third-order valence-electron chi connectivity index (χ3n) is 2.57. The lowest BCUT2D eigenvalue weighted by atomic mass is 10.2.